The minimum absolute atomic E-state index is 0.0523. The average molecular weight is 536 g/mol. The molecule has 0 radical (unpaired) electrons. The number of ketones is 1. The number of nitrogens with one attached hydrogen (secondary N) is 3. The Kier molecular flexibility index (Phi) is 23.0. The summed E-state index contributed by atoms with van der Waals surface area (Å²) in [6.07, 6.45) is 2.30. The van der Waals surface area contributed by atoms with Crippen LogP contribution in [-0.2, 0) is 33.4 Å². The summed E-state index contributed by atoms with van der Waals surface area (Å²) in [7, 11) is 1.66. The Labute approximate surface area is 220 Å². The molecule has 37 heavy (non-hydrogen) atoms. The number of Topliss-reactive ketones (excluding diaryl/α,β-unsaturated/α-hetero) is 1. The van der Waals surface area contributed by atoms with Gasteiger partial charge >= 0.3 is 5.97 Å². The lowest BCUT2D eigenvalue weighted by Gasteiger charge is -2.25. The van der Waals surface area contributed by atoms with Gasteiger partial charge in [-0.3, -0.25) is 29.1 Å². The molecule has 0 fully saturated rings. The summed E-state index contributed by atoms with van der Waals surface area (Å²) in [6, 6.07) is 0. The molecule has 0 aromatic carbocycles. The maximum Gasteiger partial charge on any atom is 0.351 e. The summed E-state index contributed by atoms with van der Waals surface area (Å²) in [4.78, 5) is 54.7. The van der Waals surface area contributed by atoms with E-state index in [1.54, 1.807) is 45.7 Å². The standard InChI is InChI=1S/C21H38N4O7.C2H6.CH2O2/c1-16(26)14-32-13-12-31-11-10-23-18(28)20(2,3)24-17(27)8-7-9-22-15-25(6)21(4,5)19(29)30;1-2;2-1-3/h15H,7-14H2,1-6H3,(H3,23,24,27,28,29,30);1-2H3;1H,(H,2,3)/p+1. The molecule has 0 aliphatic carbocycles. The maximum absolute atomic E-state index is 12.3. The number of likely N-dealkylation sites (N-methyl/N-ethyl adjacent to an activating group) is 1. The first-order valence-corrected chi connectivity index (χ1v) is 12.1. The van der Waals surface area contributed by atoms with Crippen molar-refractivity contribution in [1.29, 1.82) is 0 Å². The SMILES string of the molecule is CC.CC(=O)COCCOCCNC(=O)C(C)(C)NC(=O)CCCNC=[N+](C)C(C)(C)C(=O)O.O=CO. The lowest BCUT2D eigenvalue weighted by molar-refractivity contribution is -0.558. The largest absolute Gasteiger partial charge is 0.483 e. The molecule has 0 saturated carbocycles. The number of ether oxygens (including phenoxy) is 2. The third kappa shape index (κ3) is 20.8. The van der Waals surface area contributed by atoms with Gasteiger partial charge in [-0.15, -0.1) is 0 Å². The number of hydrogen-bond acceptors (Lipinski definition) is 7. The van der Waals surface area contributed by atoms with Crippen molar-refractivity contribution < 1.29 is 48.2 Å². The van der Waals surface area contributed by atoms with Crippen molar-refractivity contribution in [1.82, 2.24) is 16.0 Å². The Balaban J connectivity index is -0.00000214. The molecule has 216 valence electrons. The number of hydrogen-bond donors (Lipinski definition) is 5. The van der Waals surface area contributed by atoms with Crippen molar-refractivity contribution in [2.45, 2.75) is 72.4 Å². The van der Waals surface area contributed by atoms with Gasteiger partial charge in [-0.05, 0) is 41.0 Å². The van der Waals surface area contributed by atoms with E-state index in [4.69, 9.17) is 19.4 Å². The number of carbonyl (C=O) groups excluding carboxylic acids is 3. The van der Waals surface area contributed by atoms with E-state index in [0.29, 0.717) is 26.2 Å². The Hall–Kier alpha value is -3.06. The van der Waals surface area contributed by atoms with E-state index < -0.39 is 17.0 Å². The third-order valence-electron chi connectivity index (χ3n) is 4.64. The van der Waals surface area contributed by atoms with Gasteiger partial charge in [0.1, 0.15) is 12.1 Å². The highest BCUT2D eigenvalue weighted by Crippen LogP contribution is 2.06. The highest BCUT2D eigenvalue weighted by Gasteiger charge is 2.32. The van der Waals surface area contributed by atoms with Crippen molar-refractivity contribution in [2.75, 3.05) is 46.6 Å². The summed E-state index contributed by atoms with van der Waals surface area (Å²) >= 11 is 0. The zero-order valence-corrected chi connectivity index (χ0v) is 23.5. The van der Waals surface area contributed by atoms with Crippen LogP contribution in [0.1, 0.15) is 61.3 Å². The van der Waals surface area contributed by atoms with E-state index in [1.165, 1.54) is 6.92 Å². The van der Waals surface area contributed by atoms with Crippen LogP contribution in [0.5, 0.6) is 0 Å². The first kappa shape index (κ1) is 38.5. The Morgan fingerprint density at radius 2 is 1.51 bits per heavy atom. The molecule has 0 aliphatic heterocycles. The number of carboxylic acid groups (broad SMARTS) is 2. The molecule has 0 rings (SSSR count). The Bertz CT molecular complexity index is 723. The molecule has 0 atom stereocenters. The fourth-order valence-corrected chi connectivity index (χ4v) is 2.23. The van der Waals surface area contributed by atoms with Crippen LogP contribution in [-0.4, -0.2) is 109 Å². The van der Waals surface area contributed by atoms with Crippen LogP contribution < -0.4 is 16.0 Å². The van der Waals surface area contributed by atoms with Gasteiger partial charge < -0.3 is 30.3 Å². The molecule has 0 aromatic rings. The lowest BCUT2D eigenvalue weighted by Crippen LogP contribution is -2.55. The van der Waals surface area contributed by atoms with E-state index in [-0.39, 0.29) is 50.2 Å². The van der Waals surface area contributed by atoms with Gasteiger partial charge in [0.25, 0.3) is 6.47 Å². The minimum Gasteiger partial charge on any atom is -0.483 e. The van der Waals surface area contributed by atoms with Gasteiger partial charge in [-0.1, -0.05) is 13.8 Å². The lowest BCUT2D eigenvalue weighted by atomic mass is 10.0. The van der Waals surface area contributed by atoms with Crippen molar-refractivity contribution in [3.63, 3.8) is 0 Å². The topological polar surface area (TPSA) is 183 Å². The molecule has 0 unspecified atom stereocenters. The van der Waals surface area contributed by atoms with Crippen LogP contribution >= 0.6 is 0 Å². The molecule has 0 bridgehead atoms. The molecular formula is C24H47N4O9+. The van der Waals surface area contributed by atoms with Crippen LogP contribution in [0.15, 0.2) is 0 Å². The monoisotopic (exact) mass is 535 g/mol. The normalized spacial score (nSPS) is 11.1. The van der Waals surface area contributed by atoms with Gasteiger partial charge in [-0.2, -0.15) is 0 Å². The summed E-state index contributed by atoms with van der Waals surface area (Å²) < 4.78 is 11.9. The number of amides is 2. The van der Waals surface area contributed by atoms with Crippen molar-refractivity contribution >= 4 is 36.4 Å². The minimum atomic E-state index is -1.08. The molecular weight excluding hydrogens is 488 g/mol. The maximum atomic E-state index is 12.3. The van der Waals surface area contributed by atoms with E-state index in [2.05, 4.69) is 16.0 Å². The fourth-order valence-electron chi connectivity index (χ4n) is 2.23. The molecule has 0 spiro atoms. The highest BCUT2D eigenvalue weighted by molar-refractivity contribution is 5.90. The number of carbonyl (C=O) groups is 5. The van der Waals surface area contributed by atoms with Crippen molar-refractivity contribution in [3.8, 4) is 0 Å². The fraction of sp³-hybridized carbons (Fsp3) is 0.750. The number of nitrogens with zero attached hydrogens (tertiary/aromatic N) is 1. The molecule has 5 N–H and O–H groups in total. The van der Waals surface area contributed by atoms with E-state index >= 15 is 0 Å². The van der Waals surface area contributed by atoms with Gasteiger partial charge in [0.05, 0.1) is 33.4 Å². The van der Waals surface area contributed by atoms with E-state index in [1.807, 2.05) is 13.8 Å². The summed E-state index contributed by atoms with van der Waals surface area (Å²) in [5.41, 5.74) is -2.12. The quantitative estimate of drug-likeness (QED) is 0.0569. The summed E-state index contributed by atoms with van der Waals surface area (Å²) in [6.45, 7) is 13.3. The van der Waals surface area contributed by atoms with E-state index in [9.17, 15) is 24.3 Å². The average Bonchev–Trinajstić information content (AvgIpc) is 2.81. The smallest absolute Gasteiger partial charge is 0.351 e. The molecule has 0 aliphatic rings. The predicted molar refractivity (Wildman–Crippen MR) is 139 cm³/mol. The van der Waals surface area contributed by atoms with Gasteiger partial charge in [-0.25, -0.2) is 4.79 Å². The summed E-state index contributed by atoms with van der Waals surface area (Å²) in [5.74, 6) is -1.58. The van der Waals surface area contributed by atoms with Gasteiger partial charge in [0.2, 0.25) is 18.2 Å². The Morgan fingerprint density at radius 3 is 2.03 bits per heavy atom. The van der Waals surface area contributed by atoms with Crippen molar-refractivity contribution in [3.05, 3.63) is 0 Å². The second-order valence-corrected chi connectivity index (χ2v) is 8.56. The highest BCUT2D eigenvalue weighted by atomic mass is 16.5. The summed E-state index contributed by atoms with van der Waals surface area (Å²) in [5, 5.41) is 24.5. The molecule has 13 heteroatoms. The second kappa shape index (κ2) is 22.2. The molecule has 0 heterocycles. The van der Waals surface area contributed by atoms with Crippen molar-refractivity contribution in [2.24, 2.45) is 0 Å². The first-order valence-electron chi connectivity index (χ1n) is 12.1. The zero-order valence-electron chi connectivity index (χ0n) is 23.5. The van der Waals surface area contributed by atoms with Gasteiger partial charge in [0.15, 0.2) is 11.3 Å². The number of carboxylic acids is 1. The molecule has 13 nitrogen and oxygen atoms in total. The Morgan fingerprint density at radius 1 is 0.973 bits per heavy atom. The van der Waals surface area contributed by atoms with Crippen LogP contribution in [0.25, 0.3) is 0 Å². The zero-order chi connectivity index (χ0) is 29.5. The first-order chi connectivity index (χ1) is 17.2. The second-order valence-electron chi connectivity index (χ2n) is 8.56. The number of rotatable bonds is 17. The third-order valence-corrected chi connectivity index (χ3v) is 4.64. The van der Waals surface area contributed by atoms with Gasteiger partial charge in [0, 0.05) is 13.0 Å². The molecule has 0 saturated heterocycles. The van der Waals surface area contributed by atoms with Crippen LogP contribution in [0.2, 0.25) is 0 Å². The van der Waals surface area contributed by atoms with Crippen LogP contribution in [0.4, 0.5) is 0 Å². The van der Waals surface area contributed by atoms with Crippen LogP contribution in [0, 0.1) is 0 Å². The van der Waals surface area contributed by atoms with E-state index in [0.717, 1.165) is 0 Å². The molecule has 2 amide bonds. The predicted octanol–water partition coefficient (Wildman–Crippen LogP) is 0.250. The van der Waals surface area contributed by atoms with Crippen LogP contribution in [0.3, 0.4) is 0 Å². The number of aliphatic carboxylic acids is 1. The molecule has 0 aromatic heterocycles.